The summed E-state index contributed by atoms with van der Waals surface area (Å²) in [6, 6.07) is 0.513. The number of ketones is 1. The minimum Gasteiger partial charge on any atom is -0.345 e. The second-order valence-electron chi connectivity index (χ2n) is 5.29. The first-order chi connectivity index (χ1) is 6.80. The van der Waals surface area contributed by atoms with Crippen molar-refractivity contribution in [3.63, 3.8) is 0 Å². The van der Waals surface area contributed by atoms with E-state index in [1.165, 1.54) is 0 Å². The molecule has 0 aromatic heterocycles. The number of nitrogens with one attached hydrogen (secondary N) is 2. The van der Waals surface area contributed by atoms with Crippen molar-refractivity contribution in [3.05, 3.63) is 0 Å². The van der Waals surface area contributed by atoms with E-state index in [0.717, 1.165) is 13.0 Å². The quantitative estimate of drug-likeness (QED) is 0.714. The van der Waals surface area contributed by atoms with E-state index in [1.807, 2.05) is 0 Å². The fourth-order valence-electron chi connectivity index (χ4n) is 1.64. The van der Waals surface area contributed by atoms with Gasteiger partial charge in [-0.1, -0.05) is 20.8 Å². The van der Waals surface area contributed by atoms with Gasteiger partial charge in [0, 0.05) is 24.0 Å². The van der Waals surface area contributed by atoms with Crippen LogP contribution in [-0.2, 0) is 9.59 Å². The molecular weight excluding hydrogens is 228 g/mol. The highest BCUT2D eigenvalue weighted by Gasteiger charge is 2.31. The summed E-state index contributed by atoms with van der Waals surface area (Å²) in [6.07, 6.45) is 0.892. The Morgan fingerprint density at radius 1 is 1.31 bits per heavy atom. The molecule has 5 heteroatoms. The van der Waals surface area contributed by atoms with E-state index in [-0.39, 0.29) is 24.2 Å². The lowest BCUT2D eigenvalue weighted by Crippen LogP contribution is -2.44. The van der Waals surface area contributed by atoms with Gasteiger partial charge in [0.25, 0.3) is 5.91 Å². The molecule has 0 spiro atoms. The molecule has 0 radical (unpaired) electrons. The molecule has 1 aliphatic heterocycles. The van der Waals surface area contributed by atoms with Crippen LogP contribution < -0.4 is 10.6 Å². The summed E-state index contributed by atoms with van der Waals surface area (Å²) < 4.78 is 0. The second kappa shape index (κ2) is 5.64. The van der Waals surface area contributed by atoms with Crippen LogP contribution in [0, 0.1) is 5.41 Å². The van der Waals surface area contributed by atoms with Gasteiger partial charge in [0.1, 0.15) is 0 Å². The van der Waals surface area contributed by atoms with Crippen LogP contribution in [0.3, 0.4) is 0 Å². The van der Waals surface area contributed by atoms with Crippen LogP contribution in [0.1, 0.15) is 34.1 Å². The summed E-state index contributed by atoms with van der Waals surface area (Å²) >= 11 is 0. The smallest absolute Gasteiger partial charge is 0.288 e. The first kappa shape index (κ1) is 15.4. The Balaban J connectivity index is 0.00000225. The van der Waals surface area contributed by atoms with Crippen LogP contribution in [-0.4, -0.2) is 30.3 Å². The summed E-state index contributed by atoms with van der Waals surface area (Å²) in [4.78, 5) is 23.2. The summed E-state index contributed by atoms with van der Waals surface area (Å²) in [5.74, 6) is -0.801. The topological polar surface area (TPSA) is 58.2 Å². The van der Waals surface area contributed by atoms with Crippen molar-refractivity contribution in [1.82, 2.24) is 10.6 Å². The van der Waals surface area contributed by atoms with Crippen LogP contribution in [0.5, 0.6) is 0 Å². The third-order valence-corrected chi connectivity index (χ3v) is 2.57. The van der Waals surface area contributed by atoms with E-state index in [9.17, 15) is 9.59 Å². The Labute approximate surface area is 103 Å². The molecule has 0 bridgehead atoms. The lowest BCUT2D eigenvalue weighted by atomic mass is 9.90. The third kappa shape index (κ3) is 4.10. The van der Waals surface area contributed by atoms with Crippen molar-refractivity contribution in [2.24, 2.45) is 5.41 Å². The van der Waals surface area contributed by atoms with E-state index in [1.54, 1.807) is 20.8 Å². The van der Waals surface area contributed by atoms with Crippen LogP contribution in [0.15, 0.2) is 0 Å². The van der Waals surface area contributed by atoms with E-state index in [0.29, 0.717) is 6.04 Å². The summed E-state index contributed by atoms with van der Waals surface area (Å²) in [7, 11) is 0. The Morgan fingerprint density at radius 3 is 2.25 bits per heavy atom. The number of Topliss-reactive ketones (excluding diaryl/α,β-unsaturated/α-hetero) is 1. The SMILES string of the molecule is CC1CC(NC(=O)C(=O)C(C)(C)C)CN1.Cl. The molecule has 1 saturated heterocycles. The highest BCUT2D eigenvalue weighted by atomic mass is 35.5. The van der Waals surface area contributed by atoms with Crippen molar-refractivity contribution in [2.45, 2.75) is 46.2 Å². The number of rotatable bonds is 2. The zero-order valence-corrected chi connectivity index (χ0v) is 11.1. The molecule has 94 valence electrons. The molecule has 4 nitrogen and oxygen atoms in total. The minimum absolute atomic E-state index is 0. The fourth-order valence-corrected chi connectivity index (χ4v) is 1.64. The molecule has 1 aliphatic rings. The van der Waals surface area contributed by atoms with Gasteiger partial charge in [-0.2, -0.15) is 0 Å². The minimum atomic E-state index is -0.596. The zero-order valence-electron chi connectivity index (χ0n) is 10.3. The van der Waals surface area contributed by atoms with Crippen molar-refractivity contribution in [3.8, 4) is 0 Å². The Kier molecular flexibility index (Phi) is 5.42. The average molecular weight is 249 g/mol. The number of hydrogen-bond donors (Lipinski definition) is 2. The summed E-state index contributed by atoms with van der Waals surface area (Å²) in [6.45, 7) is 8.08. The standard InChI is InChI=1S/C11H20N2O2.ClH/c1-7-5-8(6-12-7)13-10(15)9(14)11(2,3)4;/h7-8,12H,5-6H2,1-4H3,(H,13,15);1H. The molecule has 0 aromatic carbocycles. The molecular formula is C11H21ClN2O2. The van der Waals surface area contributed by atoms with Crippen molar-refractivity contribution >= 4 is 24.1 Å². The van der Waals surface area contributed by atoms with E-state index in [2.05, 4.69) is 17.6 Å². The molecule has 1 heterocycles. The predicted octanol–water partition coefficient (Wildman–Crippen LogP) is 0.890. The molecule has 1 rings (SSSR count). The highest BCUT2D eigenvalue weighted by Crippen LogP contribution is 2.15. The van der Waals surface area contributed by atoms with E-state index >= 15 is 0 Å². The van der Waals surface area contributed by atoms with Crippen LogP contribution >= 0.6 is 12.4 Å². The molecule has 0 aliphatic carbocycles. The summed E-state index contributed by atoms with van der Waals surface area (Å²) in [5, 5.41) is 5.99. The highest BCUT2D eigenvalue weighted by molar-refractivity contribution is 6.37. The molecule has 1 amide bonds. The fraction of sp³-hybridized carbons (Fsp3) is 0.818. The Bertz CT molecular complexity index is 274. The third-order valence-electron chi connectivity index (χ3n) is 2.57. The van der Waals surface area contributed by atoms with Gasteiger partial charge in [-0.05, 0) is 13.3 Å². The molecule has 1 fully saturated rings. The van der Waals surface area contributed by atoms with Gasteiger partial charge in [-0.3, -0.25) is 9.59 Å². The largest absolute Gasteiger partial charge is 0.345 e. The van der Waals surface area contributed by atoms with Gasteiger partial charge in [0.2, 0.25) is 5.78 Å². The second-order valence-corrected chi connectivity index (χ2v) is 5.29. The average Bonchev–Trinajstić information content (AvgIpc) is 2.48. The van der Waals surface area contributed by atoms with Crippen LogP contribution in [0.2, 0.25) is 0 Å². The van der Waals surface area contributed by atoms with Crippen LogP contribution in [0.4, 0.5) is 0 Å². The lowest BCUT2D eigenvalue weighted by molar-refractivity contribution is -0.142. The molecule has 2 unspecified atom stereocenters. The lowest BCUT2D eigenvalue weighted by Gasteiger charge is -2.18. The van der Waals surface area contributed by atoms with Crippen LogP contribution in [0.25, 0.3) is 0 Å². The van der Waals surface area contributed by atoms with E-state index < -0.39 is 11.3 Å². The molecule has 0 aromatic rings. The van der Waals surface area contributed by atoms with E-state index in [4.69, 9.17) is 0 Å². The summed E-state index contributed by atoms with van der Waals surface area (Å²) in [5.41, 5.74) is -0.596. The number of carbonyl (C=O) groups excluding carboxylic acids is 2. The molecule has 2 N–H and O–H groups in total. The monoisotopic (exact) mass is 248 g/mol. The van der Waals surface area contributed by atoms with Gasteiger partial charge in [0.05, 0.1) is 0 Å². The molecule has 0 saturated carbocycles. The Morgan fingerprint density at radius 2 is 1.88 bits per heavy atom. The van der Waals surface area contributed by atoms with Crippen molar-refractivity contribution < 1.29 is 9.59 Å². The molecule has 16 heavy (non-hydrogen) atoms. The molecule has 2 atom stereocenters. The zero-order chi connectivity index (χ0) is 11.6. The van der Waals surface area contributed by atoms with Gasteiger partial charge in [0.15, 0.2) is 0 Å². The van der Waals surface area contributed by atoms with Gasteiger partial charge >= 0.3 is 0 Å². The normalized spacial score (nSPS) is 24.8. The van der Waals surface area contributed by atoms with Gasteiger partial charge < -0.3 is 10.6 Å². The maximum atomic E-state index is 11.6. The first-order valence-electron chi connectivity index (χ1n) is 5.39. The van der Waals surface area contributed by atoms with Gasteiger partial charge in [-0.15, -0.1) is 12.4 Å². The predicted molar refractivity (Wildman–Crippen MR) is 65.7 cm³/mol. The van der Waals surface area contributed by atoms with Crippen molar-refractivity contribution in [2.75, 3.05) is 6.54 Å². The maximum absolute atomic E-state index is 11.6. The number of halogens is 1. The van der Waals surface area contributed by atoms with Crippen molar-refractivity contribution in [1.29, 1.82) is 0 Å². The number of carbonyl (C=O) groups is 2. The first-order valence-corrected chi connectivity index (χ1v) is 5.39. The number of hydrogen-bond acceptors (Lipinski definition) is 3. The van der Waals surface area contributed by atoms with Gasteiger partial charge in [-0.25, -0.2) is 0 Å². The Hall–Kier alpha value is -0.610. The number of amides is 1. The maximum Gasteiger partial charge on any atom is 0.288 e.